The molecule has 0 saturated heterocycles. The molecule has 72 valence electrons. The van der Waals surface area contributed by atoms with Gasteiger partial charge in [0.05, 0.1) is 0 Å². The van der Waals surface area contributed by atoms with Crippen LogP contribution < -0.4 is 0 Å². The summed E-state index contributed by atoms with van der Waals surface area (Å²) in [5.41, 5.74) is 0.421. The van der Waals surface area contributed by atoms with Gasteiger partial charge >= 0.3 is 0 Å². The van der Waals surface area contributed by atoms with E-state index in [2.05, 4.69) is 38.1 Å². The molecule has 1 aliphatic rings. The summed E-state index contributed by atoms with van der Waals surface area (Å²) in [5.74, 6) is 0. The van der Waals surface area contributed by atoms with Crippen molar-refractivity contribution < 1.29 is 0 Å². The highest BCUT2D eigenvalue weighted by Gasteiger charge is 2.15. The standard InChI is InChI=1S/C9H17N.C2H6/c1-9(2)5-4-7-10(3)8-6-9;1-2/h6,8H,4-5,7H2,1-3H3;1-2H3. The maximum Gasteiger partial charge on any atom is 0.0169 e. The first-order valence-electron chi connectivity index (χ1n) is 5.00. The third-order valence-electron chi connectivity index (χ3n) is 2.11. The Morgan fingerprint density at radius 3 is 2.42 bits per heavy atom. The molecule has 12 heavy (non-hydrogen) atoms. The molecule has 0 aromatic rings. The lowest BCUT2D eigenvalue weighted by atomic mass is 9.89. The van der Waals surface area contributed by atoms with Crippen molar-refractivity contribution in [3.8, 4) is 0 Å². The first-order chi connectivity index (χ1) is 5.60. The van der Waals surface area contributed by atoms with E-state index in [9.17, 15) is 0 Å². The van der Waals surface area contributed by atoms with Gasteiger partial charge in [-0.25, -0.2) is 0 Å². The molecule has 0 aliphatic carbocycles. The quantitative estimate of drug-likeness (QED) is 0.538. The number of allylic oxidation sites excluding steroid dienone is 1. The third-order valence-corrected chi connectivity index (χ3v) is 2.11. The highest BCUT2D eigenvalue weighted by molar-refractivity contribution is 4.96. The summed E-state index contributed by atoms with van der Waals surface area (Å²) in [6.45, 7) is 9.80. The van der Waals surface area contributed by atoms with Crippen LogP contribution in [0.1, 0.15) is 40.5 Å². The highest BCUT2D eigenvalue weighted by Crippen LogP contribution is 2.26. The molecule has 0 saturated carbocycles. The second-order valence-electron chi connectivity index (χ2n) is 3.89. The summed E-state index contributed by atoms with van der Waals surface area (Å²) >= 11 is 0. The van der Waals surface area contributed by atoms with E-state index in [1.165, 1.54) is 19.4 Å². The lowest BCUT2D eigenvalue weighted by molar-refractivity contribution is 0.400. The third kappa shape index (κ3) is 4.42. The molecule has 0 aromatic carbocycles. The molecule has 1 heterocycles. The summed E-state index contributed by atoms with van der Waals surface area (Å²) in [6, 6.07) is 0. The van der Waals surface area contributed by atoms with Crippen molar-refractivity contribution in [2.75, 3.05) is 13.6 Å². The van der Waals surface area contributed by atoms with Gasteiger partial charge in [-0.15, -0.1) is 0 Å². The number of rotatable bonds is 0. The Balaban J connectivity index is 0.000000561. The van der Waals surface area contributed by atoms with Crippen LogP contribution in [0, 0.1) is 5.41 Å². The molecule has 1 nitrogen and oxygen atoms in total. The predicted octanol–water partition coefficient (Wildman–Crippen LogP) is 3.28. The summed E-state index contributed by atoms with van der Waals surface area (Å²) in [5, 5.41) is 0. The minimum absolute atomic E-state index is 0.421. The average molecular weight is 169 g/mol. The molecular weight excluding hydrogens is 146 g/mol. The molecule has 0 amide bonds. The van der Waals surface area contributed by atoms with E-state index in [-0.39, 0.29) is 0 Å². The zero-order valence-electron chi connectivity index (χ0n) is 9.22. The van der Waals surface area contributed by atoms with Crippen molar-refractivity contribution in [3.05, 3.63) is 12.3 Å². The number of hydrogen-bond donors (Lipinski definition) is 0. The Morgan fingerprint density at radius 1 is 1.25 bits per heavy atom. The van der Waals surface area contributed by atoms with Crippen molar-refractivity contribution in [1.82, 2.24) is 4.90 Å². The van der Waals surface area contributed by atoms with Crippen molar-refractivity contribution >= 4 is 0 Å². The van der Waals surface area contributed by atoms with Crippen molar-refractivity contribution in [3.63, 3.8) is 0 Å². The van der Waals surface area contributed by atoms with E-state index in [0.29, 0.717) is 5.41 Å². The van der Waals surface area contributed by atoms with E-state index in [1.54, 1.807) is 0 Å². The maximum atomic E-state index is 2.31. The summed E-state index contributed by atoms with van der Waals surface area (Å²) in [7, 11) is 2.14. The summed E-state index contributed by atoms with van der Waals surface area (Å²) < 4.78 is 0. The fraction of sp³-hybridized carbons (Fsp3) is 0.818. The highest BCUT2D eigenvalue weighted by atomic mass is 15.1. The molecule has 0 fully saturated rings. The molecule has 0 bridgehead atoms. The van der Waals surface area contributed by atoms with Crippen LogP contribution in [-0.4, -0.2) is 18.5 Å². The second-order valence-corrected chi connectivity index (χ2v) is 3.89. The molecular formula is C11H23N. The van der Waals surface area contributed by atoms with E-state index < -0.39 is 0 Å². The van der Waals surface area contributed by atoms with Crippen LogP contribution in [0.4, 0.5) is 0 Å². The van der Waals surface area contributed by atoms with Gasteiger partial charge in [0.1, 0.15) is 0 Å². The molecule has 0 aromatic heterocycles. The van der Waals surface area contributed by atoms with Crippen LogP contribution in [0.15, 0.2) is 12.3 Å². The zero-order chi connectivity index (χ0) is 9.61. The van der Waals surface area contributed by atoms with Crippen molar-refractivity contribution in [1.29, 1.82) is 0 Å². The lowest BCUT2D eigenvalue weighted by Gasteiger charge is -2.16. The minimum Gasteiger partial charge on any atom is -0.381 e. The van der Waals surface area contributed by atoms with Crippen LogP contribution >= 0.6 is 0 Å². The van der Waals surface area contributed by atoms with Gasteiger partial charge in [0, 0.05) is 13.6 Å². The average Bonchev–Trinajstić information content (AvgIpc) is 2.17. The van der Waals surface area contributed by atoms with Crippen LogP contribution in [0.3, 0.4) is 0 Å². The van der Waals surface area contributed by atoms with Crippen LogP contribution in [0.5, 0.6) is 0 Å². The van der Waals surface area contributed by atoms with Crippen LogP contribution in [0.2, 0.25) is 0 Å². The van der Waals surface area contributed by atoms with Gasteiger partial charge in [-0.2, -0.15) is 0 Å². The first kappa shape index (κ1) is 11.5. The topological polar surface area (TPSA) is 3.24 Å². The summed E-state index contributed by atoms with van der Waals surface area (Å²) in [6.07, 6.45) is 7.14. The van der Waals surface area contributed by atoms with Gasteiger partial charge in [0.2, 0.25) is 0 Å². The monoisotopic (exact) mass is 169 g/mol. The van der Waals surface area contributed by atoms with Gasteiger partial charge in [0.25, 0.3) is 0 Å². The molecule has 0 N–H and O–H groups in total. The zero-order valence-corrected chi connectivity index (χ0v) is 9.22. The minimum atomic E-state index is 0.421. The molecule has 0 spiro atoms. The molecule has 0 unspecified atom stereocenters. The van der Waals surface area contributed by atoms with Gasteiger partial charge in [-0.1, -0.05) is 33.8 Å². The summed E-state index contributed by atoms with van der Waals surface area (Å²) in [4.78, 5) is 2.26. The normalized spacial score (nSPS) is 20.9. The number of nitrogens with zero attached hydrogens (tertiary/aromatic N) is 1. The van der Waals surface area contributed by atoms with Gasteiger partial charge in [-0.3, -0.25) is 0 Å². The van der Waals surface area contributed by atoms with Gasteiger partial charge in [-0.05, 0) is 24.5 Å². The Labute approximate surface area is 77.5 Å². The molecule has 1 heteroatoms. The fourth-order valence-corrected chi connectivity index (χ4v) is 1.27. The van der Waals surface area contributed by atoms with Gasteiger partial charge in [0.15, 0.2) is 0 Å². The Morgan fingerprint density at radius 2 is 1.83 bits per heavy atom. The smallest absolute Gasteiger partial charge is 0.0169 e. The number of hydrogen-bond acceptors (Lipinski definition) is 1. The lowest BCUT2D eigenvalue weighted by Crippen LogP contribution is -2.10. The molecule has 0 atom stereocenters. The Kier molecular flexibility index (Phi) is 5.03. The van der Waals surface area contributed by atoms with Crippen LogP contribution in [-0.2, 0) is 0 Å². The van der Waals surface area contributed by atoms with E-state index >= 15 is 0 Å². The Hall–Kier alpha value is -0.460. The molecule has 1 aliphatic heterocycles. The largest absolute Gasteiger partial charge is 0.381 e. The van der Waals surface area contributed by atoms with E-state index in [4.69, 9.17) is 0 Å². The SMILES string of the molecule is CC.CN1C=CC(C)(C)CCC1. The Bertz CT molecular complexity index is 136. The maximum absolute atomic E-state index is 2.31. The predicted molar refractivity (Wildman–Crippen MR) is 56.1 cm³/mol. The molecule has 0 radical (unpaired) electrons. The van der Waals surface area contributed by atoms with E-state index in [0.717, 1.165) is 0 Å². The van der Waals surface area contributed by atoms with Crippen LogP contribution in [0.25, 0.3) is 0 Å². The molecule has 1 rings (SSSR count). The van der Waals surface area contributed by atoms with E-state index in [1.807, 2.05) is 13.8 Å². The van der Waals surface area contributed by atoms with Gasteiger partial charge < -0.3 is 4.90 Å². The second kappa shape index (κ2) is 5.23. The fourth-order valence-electron chi connectivity index (χ4n) is 1.27. The van der Waals surface area contributed by atoms with Crippen molar-refractivity contribution in [2.24, 2.45) is 5.41 Å². The first-order valence-corrected chi connectivity index (χ1v) is 5.00. The van der Waals surface area contributed by atoms with Crippen molar-refractivity contribution in [2.45, 2.75) is 40.5 Å².